The average Bonchev–Trinajstić information content (AvgIpc) is 2.37. The molecule has 0 unspecified atom stereocenters. The molecule has 0 aromatic heterocycles. The molecule has 0 heterocycles. The zero-order valence-corrected chi connectivity index (χ0v) is 11.8. The summed E-state index contributed by atoms with van der Waals surface area (Å²) in [5.74, 6) is -0.260. The second-order valence-electron chi connectivity index (χ2n) is 3.90. The van der Waals surface area contributed by atoms with Crippen molar-refractivity contribution in [3.8, 4) is 0 Å². The predicted octanol–water partition coefficient (Wildman–Crippen LogP) is 2.01. The van der Waals surface area contributed by atoms with Crippen LogP contribution in [0.1, 0.15) is 15.9 Å². The monoisotopic (exact) mass is 283 g/mol. The van der Waals surface area contributed by atoms with Gasteiger partial charge in [-0.15, -0.1) is 11.8 Å². The van der Waals surface area contributed by atoms with Crippen molar-refractivity contribution in [3.63, 3.8) is 0 Å². The highest BCUT2D eigenvalue weighted by atomic mass is 32.2. The fraction of sp³-hybridized carbons (Fsp3) is 0.385. The van der Waals surface area contributed by atoms with Gasteiger partial charge in [-0.25, -0.2) is 4.79 Å². The molecule has 0 saturated heterocycles. The van der Waals surface area contributed by atoms with Crippen LogP contribution in [-0.2, 0) is 9.53 Å². The van der Waals surface area contributed by atoms with Crippen molar-refractivity contribution in [2.45, 2.75) is 6.92 Å². The van der Waals surface area contributed by atoms with Gasteiger partial charge >= 0.3 is 5.97 Å². The zero-order valence-electron chi connectivity index (χ0n) is 10.9. The second kappa shape index (κ2) is 7.81. The lowest BCUT2D eigenvalue weighted by Crippen LogP contribution is -2.18. The van der Waals surface area contributed by atoms with E-state index in [0.29, 0.717) is 12.3 Å². The average molecular weight is 283 g/mol. The Morgan fingerprint density at radius 1 is 1.42 bits per heavy atom. The van der Waals surface area contributed by atoms with Crippen LogP contribution >= 0.6 is 11.8 Å². The van der Waals surface area contributed by atoms with Crippen molar-refractivity contribution in [1.29, 1.82) is 0 Å². The number of carboxylic acid groups (broad SMARTS) is 1. The number of hydrogen-bond donors (Lipinski definition) is 2. The van der Waals surface area contributed by atoms with Gasteiger partial charge in [-0.3, -0.25) is 4.79 Å². The number of carbonyl (C=O) groups is 2. The topological polar surface area (TPSA) is 75.6 Å². The van der Waals surface area contributed by atoms with Gasteiger partial charge in [0.2, 0.25) is 5.91 Å². The standard InChI is InChI=1S/C13H17NO4S/c1-9-4-3-5-10(13(16)17)12(9)14-11(15)8-19-7-6-18-2/h3-5H,6-8H2,1-2H3,(H,14,15)(H,16,17). The van der Waals surface area contributed by atoms with Gasteiger partial charge in [0, 0.05) is 12.9 Å². The number of carboxylic acids is 1. The molecule has 0 aliphatic heterocycles. The molecule has 0 bridgehead atoms. The van der Waals surface area contributed by atoms with Crippen molar-refractivity contribution >= 4 is 29.3 Å². The maximum absolute atomic E-state index is 11.7. The minimum Gasteiger partial charge on any atom is -0.478 e. The summed E-state index contributed by atoms with van der Waals surface area (Å²) in [6, 6.07) is 4.89. The molecule has 5 nitrogen and oxygen atoms in total. The number of rotatable bonds is 7. The number of carbonyl (C=O) groups excluding carboxylic acids is 1. The van der Waals surface area contributed by atoms with E-state index in [9.17, 15) is 9.59 Å². The number of para-hydroxylation sites is 1. The first kappa shape index (κ1) is 15.5. The Kier molecular flexibility index (Phi) is 6.38. The SMILES string of the molecule is COCCSCC(=O)Nc1c(C)cccc1C(=O)O. The van der Waals surface area contributed by atoms with E-state index in [-0.39, 0.29) is 17.2 Å². The van der Waals surface area contributed by atoms with Gasteiger partial charge in [0.15, 0.2) is 0 Å². The molecule has 1 aromatic carbocycles. The molecule has 0 atom stereocenters. The normalized spacial score (nSPS) is 10.2. The molecule has 1 amide bonds. The minimum atomic E-state index is -1.05. The van der Waals surface area contributed by atoms with Crippen LogP contribution < -0.4 is 5.32 Å². The lowest BCUT2D eigenvalue weighted by Gasteiger charge is -2.11. The number of aromatic carboxylic acids is 1. The summed E-state index contributed by atoms with van der Waals surface area (Å²) < 4.78 is 4.88. The molecule has 0 fully saturated rings. The maximum atomic E-state index is 11.7. The first-order valence-electron chi connectivity index (χ1n) is 5.75. The van der Waals surface area contributed by atoms with Crippen LogP contribution in [0.5, 0.6) is 0 Å². The quantitative estimate of drug-likeness (QED) is 0.749. The molecular formula is C13H17NO4S. The van der Waals surface area contributed by atoms with E-state index >= 15 is 0 Å². The van der Waals surface area contributed by atoms with Gasteiger partial charge in [0.05, 0.1) is 23.6 Å². The Morgan fingerprint density at radius 3 is 2.79 bits per heavy atom. The van der Waals surface area contributed by atoms with E-state index in [1.54, 1.807) is 26.2 Å². The Labute approximate surface area is 116 Å². The third-order valence-corrected chi connectivity index (χ3v) is 3.35. The molecule has 1 aromatic rings. The smallest absolute Gasteiger partial charge is 0.337 e. The Morgan fingerprint density at radius 2 is 2.16 bits per heavy atom. The van der Waals surface area contributed by atoms with Crippen molar-refractivity contribution < 1.29 is 19.4 Å². The molecule has 0 aliphatic rings. The second-order valence-corrected chi connectivity index (χ2v) is 5.00. The highest BCUT2D eigenvalue weighted by Crippen LogP contribution is 2.20. The maximum Gasteiger partial charge on any atom is 0.337 e. The van der Waals surface area contributed by atoms with Crippen molar-refractivity contribution in [3.05, 3.63) is 29.3 Å². The first-order chi connectivity index (χ1) is 9.06. The number of thioether (sulfide) groups is 1. The fourth-order valence-electron chi connectivity index (χ4n) is 1.49. The molecule has 0 saturated carbocycles. The lowest BCUT2D eigenvalue weighted by molar-refractivity contribution is -0.113. The largest absolute Gasteiger partial charge is 0.478 e. The van der Waals surface area contributed by atoms with Crippen LogP contribution in [0.4, 0.5) is 5.69 Å². The summed E-state index contributed by atoms with van der Waals surface area (Å²) in [6.07, 6.45) is 0. The van der Waals surface area contributed by atoms with Gasteiger partial charge in [0.25, 0.3) is 0 Å². The summed E-state index contributed by atoms with van der Waals surface area (Å²) >= 11 is 1.44. The summed E-state index contributed by atoms with van der Waals surface area (Å²) in [5, 5.41) is 11.7. The summed E-state index contributed by atoms with van der Waals surface area (Å²) in [7, 11) is 1.60. The summed E-state index contributed by atoms with van der Waals surface area (Å²) in [4.78, 5) is 22.8. The first-order valence-corrected chi connectivity index (χ1v) is 6.91. The third-order valence-electron chi connectivity index (χ3n) is 2.43. The minimum absolute atomic E-state index is 0.107. The molecule has 0 radical (unpaired) electrons. The van der Waals surface area contributed by atoms with Gasteiger partial charge < -0.3 is 15.2 Å². The van der Waals surface area contributed by atoms with Gasteiger partial charge in [-0.05, 0) is 18.6 Å². The molecule has 0 aliphatic carbocycles. The number of nitrogens with one attached hydrogen (secondary N) is 1. The fourth-order valence-corrected chi connectivity index (χ4v) is 2.18. The van der Waals surface area contributed by atoms with Crippen molar-refractivity contribution in [2.24, 2.45) is 0 Å². The van der Waals surface area contributed by atoms with E-state index in [1.165, 1.54) is 17.8 Å². The number of amides is 1. The highest BCUT2D eigenvalue weighted by Gasteiger charge is 2.14. The number of benzene rings is 1. The van der Waals surface area contributed by atoms with E-state index in [0.717, 1.165) is 11.3 Å². The van der Waals surface area contributed by atoms with Crippen LogP contribution in [0.15, 0.2) is 18.2 Å². The predicted molar refractivity (Wildman–Crippen MR) is 76.0 cm³/mol. The summed E-state index contributed by atoms with van der Waals surface area (Å²) in [6.45, 7) is 2.35. The van der Waals surface area contributed by atoms with E-state index in [4.69, 9.17) is 9.84 Å². The van der Waals surface area contributed by atoms with Gasteiger partial charge in [-0.2, -0.15) is 0 Å². The van der Waals surface area contributed by atoms with E-state index in [2.05, 4.69) is 5.32 Å². The Bertz CT molecular complexity index is 462. The van der Waals surface area contributed by atoms with E-state index in [1.807, 2.05) is 0 Å². The molecular weight excluding hydrogens is 266 g/mol. The molecule has 2 N–H and O–H groups in total. The lowest BCUT2D eigenvalue weighted by atomic mass is 10.1. The summed E-state index contributed by atoms with van der Waals surface area (Å²) in [5.41, 5.74) is 1.21. The molecule has 6 heteroatoms. The van der Waals surface area contributed by atoms with Gasteiger partial charge in [0.1, 0.15) is 0 Å². The zero-order chi connectivity index (χ0) is 14.3. The number of hydrogen-bond acceptors (Lipinski definition) is 4. The number of anilines is 1. The Balaban J connectivity index is 2.66. The van der Waals surface area contributed by atoms with Crippen LogP contribution in [-0.4, -0.2) is 42.2 Å². The highest BCUT2D eigenvalue weighted by molar-refractivity contribution is 7.99. The molecule has 104 valence electrons. The number of aryl methyl sites for hydroxylation is 1. The Hall–Kier alpha value is -1.53. The van der Waals surface area contributed by atoms with E-state index < -0.39 is 5.97 Å². The van der Waals surface area contributed by atoms with Gasteiger partial charge in [-0.1, -0.05) is 12.1 Å². The van der Waals surface area contributed by atoms with Crippen molar-refractivity contribution in [2.75, 3.05) is 30.5 Å². The number of ether oxygens (including phenoxy) is 1. The van der Waals surface area contributed by atoms with Crippen LogP contribution in [0.2, 0.25) is 0 Å². The van der Waals surface area contributed by atoms with Crippen LogP contribution in [0.3, 0.4) is 0 Å². The van der Waals surface area contributed by atoms with Crippen LogP contribution in [0.25, 0.3) is 0 Å². The van der Waals surface area contributed by atoms with Crippen LogP contribution in [0, 0.1) is 6.92 Å². The number of methoxy groups -OCH3 is 1. The molecule has 19 heavy (non-hydrogen) atoms. The third kappa shape index (κ3) is 4.92. The van der Waals surface area contributed by atoms with Crippen molar-refractivity contribution in [1.82, 2.24) is 0 Å². The molecule has 0 spiro atoms. The molecule has 1 rings (SSSR count).